The number of hydrogen-bond donors (Lipinski definition) is 0. The number of hydrogen-bond acceptors (Lipinski definition) is 2. The molecule has 0 saturated carbocycles. The first-order valence-electron chi connectivity index (χ1n) is 6.89. The van der Waals surface area contributed by atoms with Gasteiger partial charge in [-0.05, 0) is 25.1 Å². The summed E-state index contributed by atoms with van der Waals surface area (Å²) >= 11 is 5.79. The molecule has 0 aliphatic carbocycles. The predicted octanol–water partition coefficient (Wildman–Crippen LogP) is 2.83. The van der Waals surface area contributed by atoms with E-state index in [-0.39, 0.29) is 17.7 Å². The predicted molar refractivity (Wildman–Crippen MR) is 87.2 cm³/mol. The molecular weight excluding hydrogens is 302 g/mol. The van der Waals surface area contributed by atoms with E-state index in [0.717, 1.165) is 5.69 Å². The molecule has 2 heterocycles. The summed E-state index contributed by atoms with van der Waals surface area (Å²) < 4.78 is 1.80. The Labute approximate surface area is 133 Å². The van der Waals surface area contributed by atoms with Crippen LogP contribution in [-0.4, -0.2) is 29.3 Å². The highest BCUT2D eigenvalue weighted by atomic mass is 35.5. The zero-order valence-electron chi connectivity index (χ0n) is 12.6. The molecule has 0 radical (unpaired) electrons. The highest BCUT2D eigenvalue weighted by Crippen LogP contribution is 2.41. The number of para-hydroxylation sites is 2. The van der Waals surface area contributed by atoms with E-state index < -0.39 is 0 Å². The van der Waals surface area contributed by atoms with E-state index in [2.05, 4.69) is 0 Å². The topological polar surface area (TPSA) is 45.6 Å². The Morgan fingerprint density at radius 3 is 2.41 bits per heavy atom. The van der Waals surface area contributed by atoms with Gasteiger partial charge in [-0.2, -0.15) is 0 Å². The van der Waals surface area contributed by atoms with Gasteiger partial charge in [-0.3, -0.25) is 14.5 Å². The summed E-state index contributed by atoms with van der Waals surface area (Å²) in [6.07, 6.45) is 0. The van der Waals surface area contributed by atoms with Crippen molar-refractivity contribution in [3.63, 3.8) is 0 Å². The molecule has 1 aromatic carbocycles. The minimum atomic E-state index is -0.260. The second-order valence-electron chi connectivity index (χ2n) is 5.29. The number of carbonyl (C=O) groups excluding carboxylic acids is 2. The van der Waals surface area contributed by atoms with Gasteiger partial charge in [-0.15, -0.1) is 11.6 Å². The lowest BCUT2D eigenvalue weighted by atomic mass is 10.2. The van der Waals surface area contributed by atoms with Crippen LogP contribution in [0.3, 0.4) is 0 Å². The highest BCUT2D eigenvalue weighted by molar-refractivity contribution is 6.31. The van der Waals surface area contributed by atoms with Gasteiger partial charge in [0.25, 0.3) is 5.91 Å². The second-order valence-corrected chi connectivity index (χ2v) is 5.56. The standard InChI is InChI=1S/C16H16ClN3O2/c1-10-8-13-15(18(10)2)16(22)19(3)11-6-4-5-7-12(11)20(13)14(21)9-17/h4-8H,9H2,1-3H3. The maximum Gasteiger partial charge on any atom is 0.276 e. The number of alkyl halides is 1. The number of halogens is 1. The molecule has 22 heavy (non-hydrogen) atoms. The van der Waals surface area contributed by atoms with E-state index in [1.807, 2.05) is 44.3 Å². The average molecular weight is 318 g/mol. The Morgan fingerprint density at radius 1 is 1.14 bits per heavy atom. The molecule has 114 valence electrons. The number of aromatic nitrogens is 1. The van der Waals surface area contributed by atoms with Crippen LogP contribution in [0.25, 0.3) is 0 Å². The van der Waals surface area contributed by atoms with Crippen LogP contribution < -0.4 is 9.80 Å². The summed E-state index contributed by atoms with van der Waals surface area (Å²) in [4.78, 5) is 28.4. The maximum atomic E-state index is 12.8. The van der Waals surface area contributed by atoms with Crippen molar-refractivity contribution in [2.45, 2.75) is 6.92 Å². The number of aryl methyl sites for hydroxylation is 1. The zero-order chi connectivity index (χ0) is 16.0. The number of fused-ring (bicyclic) bond motifs is 2. The highest BCUT2D eigenvalue weighted by Gasteiger charge is 2.34. The lowest BCUT2D eigenvalue weighted by molar-refractivity contribution is -0.115. The molecule has 0 N–H and O–H groups in total. The minimum absolute atomic E-state index is 0.150. The minimum Gasteiger partial charge on any atom is -0.342 e. The molecule has 0 unspecified atom stereocenters. The molecule has 2 amide bonds. The molecule has 1 aromatic heterocycles. The van der Waals surface area contributed by atoms with Crippen molar-refractivity contribution in [3.05, 3.63) is 41.7 Å². The number of anilines is 3. The van der Waals surface area contributed by atoms with Gasteiger partial charge < -0.3 is 9.47 Å². The van der Waals surface area contributed by atoms with Gasteiger partial charge in [-0.25, -0.2) is 0 Å². The van der Waals surface area contributed by atoms with Crippen LogP contribution in [0, 0.1) is 6.92 Å². The molecule has 3 rings (SSSR count). The fourth-order valence-corrected chi connectivity index (χ4v) is 2.92. The Balaban J connectivity index is 2.37. The molecule has 1 aliphatic rings. The number of benzene rings is 1. The molecule has 0 spiro atoms. The number of nitrogens with zero attached hydrogens (tertiary/aromatic N) is 3. The van der Waals surface area contributed by atoms with Crippen LogP contribution >= 0.6 is 11.6 Å². The van der Waals surface area contributed by atoms with Crippen molar-refractivity contribution in [1.82, 2.24) is 4.57 Å². The third-order valence-electron chi connectivity index (χ3n) is 4.05. The average Bonchev–Trinajstić information content (AvgIpc) is 2.77. The van der Waals surface area contributed by atoms with Gasteiger partial charge >= 0.3 is 0 Å². The lowest BCUT2D eigenvalue weighted by Crippen LogP contribution is -2.27. The van der Waals surface area contributed by atoms with Crippen LogP contribution in [-0.2, 0) is 11.8 Å². The van der Waals surface area contributed by atoms with Crippen LogP contribution in [0.2, 0.25) is 0 Å². The first-order chi connectivity index (χ1) is 10.5. The Hall–Kier alpha value is -2.27. The summed E-state index contributed by atoms with van der Waals surface area (Å²) in [5, 5.41) is 0. The van der Waals surface area contributed by atoms with Crippen molar-refractivity contribution in [2.24, 2.45) is 7.05 Å². The second kappa shape index (κ2) is 5.18. The molecular formula is C16H16ClN3O2. The van der Waals surface area contributed by atoms with E-state index in [9.17, 15) is 9.59 Å². The van der Waals surface area contributed by atoms with Gasteiger partial charge in [-0.1, -0.05) is 12.1 Å². The first-order valence-corrected chi connectivity index (χ1v) is 7.43. The molecule has 1 aliphatic heterocycles. The first kappa shape index (κ1) is 14.7. The van der Waals surface area contributed by atoms with Crippen LogP contribution in [0.15, 0.2) is 30.3 Å². The van der Waals surface area contributed by atoms with Gasteiger partial charge in [0.15, 0.2) is 0 Å². The Morgan fingerprint density at radius 2 is 1.77 bits per heavy atom. The van der Waals surface area contributed by atoms with Crippen molar-refractivity contribution in [2.75, 3.05) is 22.7 Å². The zero-order valence-corrected chi connectivity index (χ0v) is 13.4. The number of amides is 2. The largest absolute Gasteiger partial charge is 0.342 e. The van der Waals surface area contributed by atoms with Crippen molar-refractivity contribution < 1.29 is 9.59 Å². The quantitative estimate of drug-likeness (QED) is 0.759. The Bertz CT molecular complexity index is 782. The van der Waals surface area contributed by atoms with E-state index >= 15 is 0 Å². The molecule has 0 fully saturated rings. The lowest BCUT2D eigenvalue weighted by Gasteiger charge is -2.23. The van der Waals surface area contributed by atoms with Crippen LogP contribution in [0.1, 0.15) is 16.2 Å². The van der Waals surface area contributed by atoms with Gasteiger partial charge in [0.05, 0.1) is 17.1 Å². The fourth-order valence-electron chi connectivity index (χ4n) is 2.80. The maximum absolute atomic E-state index is 12.8. The van der Waals surface area contributed by atoms with Gasteiger partial charge in [0, 0.05) is 19.8 Å². The van der Waals surface area contributed by atoms with Crippen molar-refractivity contribution >= 4 is 40.5 Å². The number of carbonyl (C=O) groups is 2. The Kier molecular flexibility index (Phi) is 3.45. The summed E-state index contributed by atoms with van der Waals surface area (Å²) in [6, 6.07) is 9.16. The van der Waals surface area contributed by atoms with Gasteiger partial charge in [0.2, 0.25) is 5.91 Å². The van der Waals surface area contributed by atoms with E-state index in [0.29, 0.717) is 22.8 Å². The van der Waals surface area contributed by atoms with Gasteiger partial charge in [0.1, 0.15) is 11.6 Å². The monoisotopic (exact) mass is 317 g/mol. The molecule has 0 atom stereocenters. The normalized spacial score (nSPS) is 13.7. The SMILES string of the molecule is Cc1cc2c(n1C)C(=O)N(C)c1ccccc1N2C(=O)CCl. The third-order valence-corrected chi connectivity index (χ3v) is 4.28. The molecule has 5 nitrogen and oxygen atoms in total. The summed E-state index contributed by atoms with van der Waals surface area (Å²) in [5.74, 6) is -0.563. The van der Waals surface area contributed by atoms with Crippen LogP contribution in [0.4, 0.5) is 17.1 Å². The smallest absolute Gasteiger partial charge is 0.276 e. The van der Waals surface area contributed by atoms with Crippen molar-refractivity contribution in [1.29, 1.82) is 0 Å². The van der Waals surface area contributed by atoms with E-state index in [4.69, 9.17) is 11.6 Å². The number of rotatable bonds is 1. The molecule has 0 saturated heterocycles. The molecule has 6 heteroatoms. The van der Waals surface area contributed by atoms with E-state index in [1.54, 1.807) is 16.5 Å². The summed E-state index contributed by atoms with van der Waals surface area (Å²) in [5.41, 5.74) is 3.30. The summed E-state index contributed by atoms with van der Waals surface area (Å²) in [7, 11) is 3.53. The van der Waals surface area contributed by atoms with E-state index in [1.165, 1.54) is 4.90 Å². The summed E-state index contributed by atoms with van der Waals surface area (Å²) in [6.45, 7) is 1.90. The molecule has 2 aromatic rings. The third kappa shape index (κ3) is 1.93. The molecule has 0 bridgehead atoms. The van der Waals surface area contributed by atoms with Crippen molar-refractivity contribution in [3.8, 4) is 0 Å². The fraction of sp³-hybridized carbons (Fsp3) is 0.250. The van der Waals surface area contributed by atoms with Crippen LogP contribution in [0.5, 0.6) is 0 Å².